The summed E-state index contributed by atoms with van der Waals surface area (Å²) in [6, 6.07) is 6.55. The number of hydrogen-bond acceptors (Lipinski definition) is 6. The van der Waals surface area contributed by atoms with Gasteiger partial charge in [0.05, 0.1) is 18.3 Å². The van der Waals surface area contributed by atoms with E-state index in [4.69, 9.17) is 5.73 Å². The third-order valence-corrected chi connectivity index (χ3v) is 7.40. The molecule has 2 aromatic rings. The minimum Gasteiger partial charge on any atom is -0.384 e. The quantitative estimate of drug-likeness (QED) is 0.778. The molecule has 0 spiro atoms. The first-order chi connectivity index (χ1) is 11.9. The van der Waals surface area contributed by atoms with Crippen molar-refractivity contribution < 1.29 is 13.2 Å². The summed E-state index contributed by atoms with van der Waals surface area (Å²) in [4.78, 5) is 16.7. The highest BCUT2D eigenvalue weighted by Gasteiger charge is 2.27. The number of hydrogen-bond donors (Lipinski definition) is 2. The molecule has 3 N–H and O–H groups in total. The smallest absolute Gasteiger partial charge is 0.252 e. The van der Waals surface area contributed by atoms with Gasteiger partial charge < -0.3 is 11.1 Å². The van der Waals surface area contributed by atoms with Gasteiger partial charge in [0.2, 0.25) is 5.91 Å². The van der Waals surface area contributed by atoms with Crippen molar-refractivity contribution in [3.63, 3.8) is 0 Å². The number of nitrogens with two attached hydrogens (primary N) is 1. The molecule has 0 bridgehead atoms. The fourth-order valence-corrected chi connectivity index (χ4v) is 5.69. The van der Waals surface area contributed by atoms with Gasteiger partial charge in [-0.2, -0.15) is 4.31 Å². The van der Waals surface area contributed by atoms with Crippen LogP contribution in [0.5, 0.6) is 0 Å². The van der Waals surface area contributed by atoms with E-state index >= 15 is 0 Å². The molecule has 1 aliphatic rings. The Kier molecular flexibility index (Phi) is 6.99. The van der Waals surface area contributed by atoms with Crippen molar-refractivity contribution in [3.8, 4) is 0 Å². The lowest BCUT2D eigenvalue weighted by atomic mass is 10.2. The van der Waals surface area contributed by atoms with E-state index in [1.165, 1.54) is 10.5 Å². The molecule has 0 radical (unpaired) electrons. The van der Waals surface area contributed by atoms with Crippen molar-refractivity contribution in [2.45, 2.75) is 29.9 Å². The Labute approximate surface area is 163 Å². The second kappa shape index (κ2) is 8.81. The molecule has 1 aliphatic heterocycles. The van der Waals surface area contributed by atoms with Gasteiger partial charge in [-0.25, -0.2) is 13.4 Å². The van der Waals surface area contributed by atoms with E-state index in [-0.39, 0.29) is 24.7 Å². The van der Waals surface area contributed by atoms with E-state index in [0.717, 1.165) is 30.6 Å². The molecule has 26 heavy (non-hydrogen) atoms. The maximum absolute atomic E-state index is 12.6. The fraction of sp³-hybridized carbons (Fsp3) is 0.375. The molecule has 3 rings (SSSR count). The second-order valence-corrected chi connectivity index (χ2v) is 9.22. The molecular formula is C16H21ClN4O3S2. The van der Waals surface area contributed by atoms with Gasteiger partial charge in [-0.15, -0.1) is 23.7 Å². The van der Waals surface area contributed by atoms with Gasteiger partial charge in [0.1, 0.15) is 10.0 Å². The van der Waals surface area contributed by atoms with E-state index in [0.29, 0.717) is 33.7 Å². The highest BCUT2D eigenvalue weighted by atomic mass is 35.5. The molecule has 3 heterocycles. The molecule has 1 fully saturated rings. The Bertz CT molecular complexity index is 847. The summed E-state index contributed by atoms with van der Waals surface area (Å²) in [5.41, 5.74) is 6.06. The van der Waals surface area contributed by atoms with Crippen LogP contribution in [-0.2, 0) is 21.2 Å². The Morgan fingerprint density at radius 2 is 1.92 bits per heavy atom. The third-order valence-electron chi connectivity index (χ3n) is 3.95. The minimum absolute atomic E-state index is 0. The number of thiophene rings is 1. The summed E-state index contributed by atoms with van der Waals surface area (Å²) >= 11 is 1.15. The molecule has 1 saturated heterocycles. The number of piperidine rings is 1. The average molecular weight is 417 g/mol. The van der Waals surface area contributed by atoms with Crippen LogP contribution in [0.1, 0.15) is 24.1 Å². The van der Waals surface area contributed by atoms with E-state index in [1.54, 1.807) is 24.3 Å². The minimum atomic E-state index is -3.44. The zero-order chi connectivity index (χ0) is 17.9. The van der Waals surface area contributed by atoms with Gasteiger partial charge >= 0.3 is 0 Å². The lowest BCUT2D eigenvalue weighted by Gasteiger charge is -2.25. The van der Waals surface area contributed by atoms with Crippen LogP contribution in [0.25, 0.3) is 0 Å². The van der Waals surface area contributed by atoms with Gasteiger partial charge in [-0.3, -0.25) is 4.79 Å². The summed E-state index contributed by atoms with van der Waals surface area (Å²) in [6.07, 6.45) is 4.46. The number of aromatic nitrogens is 1. The summed E-state index contributed by atoms with van der Waals surface area (Å²) in [5, 5.41) is 2.72. The second-order valence-electron chi connectivity index (χ2n) is 5.88. The van der Waals surface area contributed by atoms with Gasteiger partial charge in [0.15, 0.2) is 0 Å². The summed E-state index contributed by atoms with van der Waals surface area (Å²) < 4.78 is 27.1. The number of anilines is 2. The van der Waals surface area contributed by atoms with Crippen molar-refractivity contribution in [1.29, 1.82) is 0 Å². The van der Waals surface area contributed by atoms with Gasteiger partial charge in [-0.05, 0) is 37.1 Å². The first-order valence-electron chi connectivity index (χ1n) is 8.05. The number of amides is 1. The average Bonchev–Trinajstić information content (AvgIpc) is 3.07. The van der Waals surface area contributed by atoms with Crippen molar-refractivity contribution in [2.75, 3.05) is 24.1 Å². The van der Waals surface area contributed by atoms with Crippen LogP contribution in [0, 0.1) is 0 Å². The standard InChI is InChI=1S/C16H20N4O3S2.ClH/c17-14-6-4-12(11-18-14)19-15(21)10-13-5-7-16(24-13)25(22,23)20-8-2-1-3-9-20;/h4-7,11H,1-3,8-10H2,(H2,17,18)(H,19,21);1H. The molecule has 1 amide bonds. The number of sulfonamides is 1. The van der Waals surface area contributed by atoms with Gasteiger partial charge in [0.25, 0.3) is 10.0 Å². The number of rotatable bonds is 5. The molecule has 0 aromatic carbocycles. The van der Waals surface area contributed by atoms with E-state index in [1.807, 2.05) is 0 Å². The molecule has 7 nitrogen and oxygen atoms in total. The fourth-order valence-electron chi connectivity index (χ4n) is 2.67. The SMILES string of the molecule is Cl.Nc1ccc(NC(=O)Cc2ccc(S(=O)(=O)N3CCCCC3)s2)cn1. The number of pyridine rings is 1. The lowest BCUT2D eigenvalue weighted by Crippen LogP contribution is -2.35. The Morgan fingerprint density at radius 3 is 2.58 bits per heavy atom. The molecular weight excluding hydrogens is 396 g/mol. The van der Waals surface area contributed by atoms with E-state index in [9.17, 15) is 13.2 Å². The number of carbonyl (C=O) groups is 1. The molecule has 0 saturated carbocycles. The first-order valence-corrected chi connectivity index (χ1v) is 10.3. The van der Waals surface area contributed by atoms with Crippen LogP contribution in [-0.4, -0.2) is 36.7 Å². The highest BCUT2D eigenvalue weighted by Crippen LogP contribution is 2.27. The van der Waals surface area contributed by atoms with Crippen molar-refractivity contribution in [1.82, 2.24) is 9.29 Å². The molecule has 10 heteroatoms. The molecule has 142 valence electrons. The van der Waals surface area contributed by atoms with Crippen LogP contribution < -0.4 is 11.1 Å². The summed E-state index contributed by atoms with van der Waals surface area (Å²) in [5.74, 6) is 0.152. The van der Waals surface area contributed by atoms with Crippen molar-refractivity contribution in [2.24, 2.45) is 0 Å². The summed E-state index contributed by atoms with van der Waals surface area (Å²) in [6.45, 7) is 1.14. The molecule has 0 atom stereocenters. The molecule has 2 aromatic heterocycles. The predicted octanol–water partition coefficient (Wildman–Crippen LogP) is 2.50. The van der Waals surface area contributed by atoms with Gasteiger partial charge in [-0.1, -0.05) is 6.42 Å². The van der Waals surface area contributed by atoms with Crippen molar-refractivity contribution >= 4 is 51.2 Å². The van der Waals surface area contributed by atoms with Crippen LogP contribution in [0.4, 0.5) is 11.5 Å². The van der Waals surface area contributed by atoms with Crippen LogP contribution in [0.15, 0.2) is 34.7 Å². The molecule has 0 unspecified atom stereocenters. The number of nitrogens with one attached hydrogen (secondary N) is 1. The first kappa shape index (κ1) is 20.6. The van der Waals surface area contributed by atoms with Crippen LogP contribution in [0.3, 0.4) is 0 Å². The Balaban J connectivity index is 0.00000243. The number of carbonyl (C=O) groups excluding carboxylic acids is 1. The number of nitrogen functional groups attached to an aromatic ring is 1. The maximum atomic E-state index is 12.6. The van der Waals surface area contributed by atoms with Crippen LogP contribution >= 0.6 is 23.7 Å². The van der Waals surface area contributed by atoms with Crippen molar-refractivity contribution in [3.05, 3.63) is 35.3 Å². The maximum Gasteiger partial charge on any atom is 0.252 e. The van der Waals surface area contributed by atoms with Crippen LogP contribution in [0.2, 0.25) is 0 Å². The van der Waals surface area contributed by atoms with Gasteiger partial charge in [0, 0.05) is 18.0 Å². The Morgan fingerprint density at radius 1 is 1.19 bits per heavy atom. The number of nitrogens with zero attached hydrogens (tertiary/aromatic N) is 2. The van der Waals surface area contributed by atoms with E-state index < -0.39 is 10.0 Å². The number of halogens is 1. The predicted molar refractivity (Wildman–Crippen MR) is 105 cm³/mol. The monoisotopic (exact) mass is 416 g/mol. The highest BCUT2D eigenvalue weighted by molar-refractivity contribution is 7.91. The zero-order valence-corrected chi connectivity index (χ0v) is 16.5. The third kappa shape index (κ3) is 4.94. The lowest BCUT2D eigenvalue weighted by molar-refractivity contribution is -0.115. The zero-order valence-electron chi connectivity index (χ0n) is 14.1. The molecule has 0 aliphatic carbocycles. The normalized spacial score (nSPS) is 15.2. The summed E-state index contributed by atoms with van der Waals surface area (Å²) in [7, 11) is -3.44. The van der Waals surface area contributed by atoms with E-state index in [2.05, 4.69) is 10.3 Å². The Hall–Kier alpha value is -1.68. The largest absolute Gasteiger partial charge is 0.384 e. The topological polar surface area (TPSA) is 105 Å².